The summed E-state index contributed by atoms with van der Waals surface area (Å²) in [7, 11) is 0. The van der Waals surface area contributed by atoms with E-state index in [1.807, 2.05) is 0 Å². The Morgan fingerprint density at radius 2 is 1.80 bits per heavy atom. The van der Waals surface area contributed by atoms with E-state index in [-0.39, 0.29) is 17.0 Å². The quantitative estimate of drug-likeness (QED) is 0.253. The lowest BCUT2D eigenvalue weighted by Gasteiger charge is -2.15. The number of benzene rings is 1. The van der Waals surface area contributed by atoms with Gasteiger partial charge in [0.15, 0.2) is 0 Å². The highest BCUT2D eigenvalue weighted by molar-refractivity contribution is 6.38. The minimum absolute atomic E-state index is 0.0460. The van der Waals surface area contributed by atoms with Crippen molar-refractivity contribution < 1.29 is 27.8 Å². The van der Waals surface area contributed by atoms with Crippen molar-refractivity contribution >= 4 is 58.0 Å². The zero-order valence-electron chi connectivity index (χ0n) is 14.4. The average Bonchev–Trinajstić information content (AvgIpc) is 2.60. The van der Waals surface area contributed by atoms with Crippen LogP contribution in [0.5, 0.6) is 0 Å². The Bertz CT molecular complexity index is 924. The summed E-state index contributed by atoms with van der Waals surface area (Å²) in [6, 6.07) is 2.30. The molecule has 0 bridgehead atoms. The van der Waals surface area contributed by atoms with E-state index in [1.165, 1.54) is 18.2 Å². The number of nitro groups is 2. The predicted octanol–water partition coefficient (Wildman–Crippen LogP) is 5.36. The highest BCUT2D eigenvalue weighted by Gasteiger charge is 2.39. The van der Waals surface area contributed by atoms with Crippen LogP contribution in [-0.2, 0) is 11.3 Å². The summed E-state index contributed by atoms with van der Waals surface area (Å²) in [6.45, 7) is -0.602. The summed E-state index contributed by atoms with van der Waals surface area (Å²) < 4.78 is 35.8. The van der Waals surface area contributed by atoms with Crippen LogP contribution in [0.2, 0.25) is 10.0 Å². The minimum atomic E-state index is -5.04. The van der Waals surface area contributed by atoms with Crippen LogP contribution in [0.25, 0.3) is 0 Å². The third-order valence-electron chi connectivity index (χ3n) is 3.38. The fraction of sp³-hybridized carbons (Fsp3) is 0.267. The first-order valence-electron chi connectivity index (χ1n) is 7.52. The van der Waals surface area contributed by atoms with E-state index < -0.39 is 44.2 Å². The molecule has 15 heteroatoms. The lowest BCUT2D eigenvalue weighted by Crippen LogP contribution is -2.36. The van der Waals surface area contributed by atoms with Crippen LogP contribution in [0.15, 0.2) is 35.4 Å². The SMILES string of the molecule is O=C(NCc1ccc(Cl)c([N+](=O)[O-])c1Cl)C(F)(F)F.O=[N+]([O-])C1(Cl)C=CC=C(Cl)C1. The molecule has 1 aliphatic rings. The lowest BCUT2D eigenvalue weighted by atomic mass is 10.1. The van der Waals surface area contributed by atoms with Gasteiger partial charge in [0, 0.05) is 22.6 Å². The highest BCUT2D eigenvalue weighted by Crippen LogP contribution is 2.35. The van der Waals surface area contributed by atoms with E-state index in [1.54, 1.807) is 11.4 Å². The number of rotatable bonds is 4. The second-order valence-electron chi connectivity index (χ2n) is 5.53. The Morgan fingerprint density at radius 1 is 1.20 bits per heavy atom. The monoisotopic (exact) mass is 509 g/mol. The van der Waals surface area contributed by atoms with E-state index in [0.29, 0.717) is 5.03 Å². The van der Waals surface area contributed by atoms with Crippen LogP contribution in [-0.4, -0.2) is 26.9 Å². The van der Waals surface area contributed by atoms with Crippen LogP contribution < -0.4 is 5.32 Å². The van der Waals surface area contributed by atoms with Gasteiger partial charge in [0.05, 0.1) is 11.3 Å². The van der Waals surface area contributed by atoms with Crippen molar-refractivity contribution in [1.29, 1.82) is 0 Å². The van der Waals surface area contributed by atoms with Gasteiger partial charge in [-0.3, -0.25) is 25.0 Å². The number of nitrogens with zero attached hydrogens (tertiary/aromatic N) is 2. The highest BCUT2D eigenvalue weighted by atomic mass is 35.5. The summed E-state index contributed by atoms with van der Waals surface area (Å²) in [5, 5.41) is 22.3. The van der Waals surface area contributed by atoms with Crippen LogP contribution in [0.1, 0.15) is 12.0 Å². The fourth-order valence-electron chi connectivity index (χ4n) is 1.94. The maximum absolute atomic E-state index is 11.9. The smallest absolute Gasteiger partial charge is 0.344 e. The number of carbonyl (C=O) groups is 1. The number of alkyl halides is 4. The molecule has 0 fully saturated rings. The van der Waals surface area contributed by atoms with Gasteiger partial charge in [0.25, 0.3) is 0 Å². The van der Waals surface area contributed by atoms with E-state index in [9.17, 15) is 38.2 Å². The maximum Gasteiger partial charge on any atom is 0.471 e. The first-order valence-corrected chi connectivity index (χ1v) is 9.04. The average molecular weight is 511 g/mol. The van der Waals surface area contributed by atoms with Crippen molar-refractivity contribution in [2.24, 2.45) is 0 Å². The zero-order chi connectivity index (χ0) is 23.3. The van der Waals surface area contributed by atoms with Gasteiger partial charge in [-0.1, -0.05) is 46.9 Å². The molecule has 0 saturated heterocycles. The normalized spacial score (nSPS) is 18.0. The van der Waals surface area contributed by atoms with Gasteiger partial charge in [0.1, 0.15) is 10.0 Å². The molecular formula is C15H10Cl4F3N3O5. The second-order valence-corrected chi connectivity index (χ2v) is 7.46. The number of nitrogens with one attached hydrogen (secondary N) is 1. The molecular weight excluding hydrogens is 501 g/mol. The molecule has 0 heterocycles. The fourth-order valence-corrected chi connectivity index (χ4v) is 3.08. The van der Waals surface area contributed by atoms with Crippen molar-refractivity contribution in [3.05, 3.63) is 71.2 Å². The molecule has 1 unspecified atom stereocenters. The zero-order valence-corrected chi connectivity index (χ0v) is 17.4. The lowest BCUT2D eigenvalue weighted by molar-refractivity contribution is -0.527. The van der Waals surface area contributed by atoms with Crippen LogP contribution in [0, 0.1) is 20.2 Å². The van der Waals surface area contributed by atoms with Crippen LogP contribution in [0.4, 0.5) is 18.9 Å². The van der Waals surface area contributed by atoms with E-state index in [4.69, 9.17) is 46.4 Å². The number of halogens is 7. The topological polar surface area (TPSA) is 115 Å². The van der Waals surface area contributed by atoms with Crippen LogP contribution in [0.3, 0.4) is 0 Å². The molecule has 1 aliphatic carbocycles. The summed E-state index contributed by atoms with van der Waals surface area (Å²) in [6.07, 6.45) is -0.585. The molecule has 2 rings (SSSR count). The molecule has 0 aromatic heterocycles. The van der Waals surface area contributed by atoms with E-state index in [0.717, 1.165) is 6.07 Å². The van der Waals surface area contributed by atoms with E-state index >= 15 is 0 Å². The Hall–Kier alpha value is -2.08. The molecule has 0 saturated carbocycles. The maximum atomic E-state index is 11.9. The number of carbonyl (C=O) groups excluding carboxylic acids is 1. The molecule has 0 spiro atoms. The Labute approximate surface area is 186 Å². The number of nitro benzene ring substituents is 1. The Balaban J connectivity index is 0.000000346. The molecule has 8 nitrogen and oxygen atoms in total. The van der Waals surface area contributed by atoms with E-state index in [2.05, 4.69) is 0 Å². The molecule has 1 atom stereocenters. The van der Waals surface area contributed by atoms with Crippen molar-refractivity contribution in [2.75, 3.05) is 0 Å². The van der Waals surface area contributed by atoms with Gasteiger partial charge >= 0.3 is 22.8 Å². The molecule has 164 valence electrons. The molecule has 1 N–H and O–H groups in total. The van der Waals surface area contributed by atoms with Crippen molar-refractivity contribution in [1.82, 2.24) is 5.32 Å². The van der Waals surface area contributed by atoms with Gasteiger partial charge in [-0.05, 0) is 29.3 Å². The van der Waals surface area contributed by atoms with Crippen LogP contribution >= 0.6 is 46.4 Å². The third kappa shape index (κ3) is 7.01. The largest absolute Gasteiger partial charge is 0.471 e. The first kappa shape index (κ1) is 26.0. The van der Waals surface area contributed by atoms with Crippen molar-refractivity contribution in [3.8, 4) is 0 Å². The molecule has 1 aromatic rings. The van der Waals surface area contributed by atoms with Gasteiger partial charge in [-0.2, -0.15) is 13.2 Å². The summed E-state index contributed by atoms with van der Waals surface area (Å²) in [4.78, 5) is 28.7. The standard InChI is InChI=1S/C9H5Cl2F3N2O3.C6H5Cl2NO2/c10-5-2-1-4(6(11)7(5)16(18)19)3-15-8(17)9(12,13)14;7-5-2-1-3-6(8,4-5)9(10)11/h1-2H,3H2,(H,15,17);1-3H,4H2. The molecule has 0 aliphatic heterocycles. The number of hydrogen-bond donors (Lipinski definition) is 1. The molecule has 1 aromatic carbocycles. The molecule has 0 radical (unpaired) electrons. The van der Waals surface area contributed by atoms with Gasteiger partial charge in [0.2, 0.25) is 0 Å². The summed E-state index contributed by atoms with van der Waals surface area (Å²) in [5.41, 5.74) is -0.669. The van der Waals surface area contributed by atoms with Gasteiger partial charge in [-0.15, -0.1) is 0 Å². The first-order chi connectivity index (χ1) is 13.7. The number of amides is 1. The van der Waals surface area contributed by atoms with Gasteiger partial charge < -0.3 is 5.32 Å². The van der Waals surface area contributed by atoms with Gasteiger partial charge in [-0.25, -0.2) is 0 Å². The predicted molar refractivity (Wildman–Crippen MR) is 104 cm³/mol. The molecule has 1 amide bonds. The second kappa shape index (κ2) is 10.3. The summed E-state index contributed by atoms with van der Waals surface area (Å²) in [5.74, 6) is -2.17. The minimum Gasteiger partial charge on any atom is -0.344 e. The Kier molecular flexibility index (Phi) is 8.90. The van der Waals surface area contributed by atoms with Crippen molar-refractivity contribution in [3.63, 3.8) is 0 Å². The summed E-state index contributed by atoms with van der Waals surface area (Å²) >= 11 is 22.3. The van der Waals surface area contributed by atoms with Crippen molar-refractivity contribution in [2.45, 2.75) is 24.1 Å². The Morgan fingerprint density at radius 3 is 2.23 bits per heavy atom. The number of hydrogen-bond acceptors (Lipinski definition) is 5. The third-order valence-corrected chi connectivity index (χ3v) is 4.76. The molecule has 30 heavy (non-hydrogen) atoms. The number of allylic oxidation sites excluding steroid dienone is 2.